The molecular weight excluding hydrogens is 208 g/mol. The molecule has 5 nitrogen and oxygen atoms in total. The number of hydrogen-bond donors (Lipinski definition) is 2. The molecule has 0 bridgehead atoms. The molecule has 0 aromatic carbocycles. The Hall–Kier alpha value is -1.10. The molecule has 5 heteroatoms. The zero-order valence-corrected chi connectivity index (χ0v) is 10.4. The first-order chi connectivity index (χ1) is 7.38. The summed E-state index contributed by atoms with van der Waals surface area (Å²) in [5.74, 6) is -0.402. The summed E-state index contributed by atoms with van der Waals surface area (Å²) in [6, 6.07) is -1.22. The molecule has 0 aromatic rings. The summed E-state index contributed by atoms with van der Waals surface area (Å²) in [5, 5.41) is 2.53. The van der Waals surface area contributed by atoms with Crippen LogP contribution in [0.1, 0.15) is 34.1 Å². The molecule has 94 valence electrons. The summed E-state index contributed by atoms with van der Waals surface area (Å²) in [7, 11) is 0. The number of rotatable bonds is 6. The minimum atomic E-state index is -0.648. The number of ether oxygens (including phenoxy) is 1. The van der Waals surface area contributed by atoms with E-state index in [-0.39, 0.29) is 5.91 Å². The maximum Gasteiger partial charge on any atom is 0.328 e. The Morgan fingerprint density at radius 1 is 1.31 bits per heavy atom. The normalized spacial score (nSPS) is 14.4. The first-order valence-corrected chi connectivity index (χ1v) is 5.61. The van der Waals surface area contributed by atoms with Crippen LogP contribution in [0.3, 0.4) is 0 Å². The van der Waals surface area contributed by atoms with E-state index in [0.717, 1.165) is 0 Å². The average molecular weight is 230 g/mol. The standard InChI is InChI=1S/C11H22N2O3/c1-5-16-11(15)8(4)13-10(14)9(12)6-7(2)3/h7-9H,5-6,12H2,1-4H3,(H,13,14)/t8-,9-/m1/s1. The second-order valence-electron chi connectivity index (χ2n) is 4.22. The van der Waals surface area contributed by atoms with Crippen molar-refractivity contribution in [2.45, 2.75) is 46.2 Å². The molecule has 0 aliphatic rings. The van der Waals surface area contributed by atoms with Gasteiger partial charge in [0.1, 0.15) is 6.04 Å². The van der Waals surface area contributed by atoms with Crippen molar-refractivity contribution in [3.05, 3.63) is 0 Å². The number of carbonyl (C=O) groups is 2. The van der Waals surface area contributed by atoms with E-state index in [0.29, 0.717) is 18.9 Å². The zero-order valence-electron chi connectivity index (χ0n) is 10.4. The van der Waals surface area contributed by atoms with Crippen molar-refractivity contribution >= 4 is 11.9 Å². The highest BCUT2D eigenvalue weighted by molar-refractivity contribution is 5.87. The number of nitrogens with two attached hydrogens (primary N) is 1. The average Bonchev–Trinajstić information content (AvgIpc) is 2.16. The zero-order chi connectivity index (χ0) is 12.7. The lowest BCUT2D eigenvalue weighted by Gasteiger charge is -2.17. The number of carbonyl (C=O) groups excluding carboxylic acids is 2. The predicted molar refractivity (Wildman–Crippen MR) is 61.7 cm³/mol. The predicted octanol–water partition coefficient (Wildman–Crippen LogP) is 0.428. The molecule has 0 fully saturated rings. The van der Waals surface area contributed by atoms with Gasteiger partial charge in [0.2, 0.25) is 5.91 Å². The van der Waals surface area contributed by atoms with Crippen molar-refractivity contribution in [1.82, 2.24) is 5.32 Å². The molecule has 0 saturated heterocycles. The van der Waals surface area contributed by atoms with Crippen molar-refractivity contribution in [1.29, 1.82) is 0 Å². The van der Waals surface area contributed by atoms with E-state index in [1.807, 2.05) is 13.8 Å². The lowest BCUT2D eigenvalue weighted by atomic mass is 10.0. The molecule has 2 atom stereocenters. The summed E-state index contributed by atoms with van der Waals surface area (Å²) >= 11 is 0. The fraction of sp³-hybridized carbons (Fsp3) is 0.818. The third-order valence-electron chi connectivity index (χ3n) is 2.06. The van der Waals surface area contributed by atoms with E-state index in [4.69, 9.17) is 10.5 Å². The molecule has 0 spiro atoms. The topological polar surface area (TPSA) is 81.4 Å². The molecule has 0 unspecified atom stereocenters. The Labute approximate surface area is 96.7 Å². The SMILES string of the molecule is CCOC(=O)[C@@H](C)NC(=O)[C@H](N)CC(C)C. The van der Waals surface area contributed by atoms with E-state index in [9.17, 15) is 9.59 Å². The van der Waals surface area contributed by atoms with E-state index in [2.05, 4.69) is 5.32 Å². The number of nitrogens with one attached hydrogen (secondary N) is 1. The van der Waals surface area contributed by atoms with Crippen LogP contribution >= 0.6 is 0 Å². The van der Waals surface area contributed by atoms with Crippen LogP contribution in [-0.2, 0) is 14.3 Å². The van der Waals surface area contributed by atoms with Crippen LogP contribution in [0, 0.1) is 5.92 Å². The van der Waals surface area contributed by atoms with Gasteiger partial charge in [-0.15, -0.1) is 0 Å². The fourth-order valence-electron chi connectivity index (χ4n) is 1.26. The molecule has 0 radical (unpaired) electrons. The van der Waals surface area contributed by atoms with Gasteiger partial charge in [0.05, 0.1) is 12.6 Å². The lowest BCUT2D eigenvalue weighted by Crippen LogP contribution is -2.48. The second kappa shape index (κ2) is 7.22. The molecule has 0 aliphatic heterocycles. The quantitative estimate of drug-likeness (QED) is 0.648. The van der Waals surface area contributed by atoms with Crippen molar-refractivity contribution in [3.63, 3.8) is 0 Å². The van der Waals surface area contributed by atoms with Crippen molar-refractivity contribution in [2.24, 2.45) is 11.7 Å². The summed E-state index contributed by atoms with van der Waals surface area (Å²) in [5.41, 5.74) is 5.68. The van der Waals surface area contributed by atoms with Crippen LogP contribution in [0.15, 0.2) is 0 Å². The monoisotopic (exact) mass is 230 g/mol. The van der Waals surface area contributed by atoms with Crippen LogP contribution in [0.4, 0.5) is 0 Å². The minimum Gasteiger partial charge on any atom is -0.464 e. The molecule has 0 aliphatic carbocycles. The lowest BCUT2D eigenvalue weighted by molar-refractivity contribution is -0.147. The van der Waals surface area contributed by atoms with Crippen LogP contribution in [0.25, 0.3) is 0 Å². The smallest absolute Gasteiger partial charge is 0.328 e. The van der Waals surface area contributed by atoms with Gasteiger partial charge >= 0.3 is 5.97 Å². The van der Waals surface area contributed by atoms with Crippen molar-refractivity contribution < 1.29 is 14.3 Å². The minimum absolute atomic E-state index is 0.303. The van der Waals surface area contributed by atoms with Crippen LogP contribution in [0.5, 0.6) is 0 Å². The van der Waals surface area contributed by atoms with Crippen molar-refractivity contribution in [3.8, 4) is 0 Å². The first-order valence-electron chi connectivity index (χ1n) is 5.61. The molecule has 0 aromatic heterocycles. The van der Waals surface area contributed by atoms with Gasteiger partial charge in [-0.25, -0.2) is 4.79 Å². The highest BCUT2D eigenvalue weighted by Gasteiger charge is 2.21. The molecular formula is C11H22N2O3. The van der Waals surface area contributed by atoms with Crippen molar-refractivity contribution in [2.75, 3.05) is 6.61 Å². The van der Waals surface area contributed by atoms with E-state index in [1.54, 1.807) is 13.8 Å². The summed E-state index contributed by atoms with van der Waals surface area (Å²) in [6.07, 6.45) is 0.599. The highest BCUT2D eigenvalue weighted by Crippen LogP contribution is 2.03. The van der Waals surface area contributed by atoms with Crippen LogP contribution in [0.2, 0.25) is 0 Å². The summed E-state index contributed by atoms with van der Waals surface area (Å²) < 4.78 is 4.77. The second-order valence-corrected chi connectivity index (χ2v) is 4.22. The molecule has 16 heavy (non-hydrogen) atoms. The third-order valence-corrected chi connectivity index (χ3v) is 2.06. The van der Waals surface area contributed by atoms with Gasteiger partial charge in [0.25, 0.3) is 0 Å². The summed E-state index contributed by atoms with van der Waals surface area (Å²) in [4.78, 5) is 22.8. The van der Waals surface area contributed by atoms with Gasteiger partial charge in [-0.1, -0.05) is 13.8 Å². The van der Waals surface area contributed by atoms with Gasteiger partial charge < -0.3 is 15.8 Å². The van der Waals surface area contributed by atoms with E-state index < -0.39 is 18.1 Å². The molecule has 0 saturated carbocycles. The molecule has 0 rings (SSSR count). The maximum absolute atomic E-state index is 11.6. The van der Waals surface area contributed by atoms with Crippen LogP contribution in [-0.4, -0.2) is 30.6 Å². The van der Waals surface area contributed by atoms with Gasteiger partial charge in [-0.2, -0.15) is 0 Å². The molecule has 0 heterocycles. The Morgan fingerprint density at radius 3 is 2.31 bits per heavy atom. The highest BCUT2D eigenvalue weighted by atomic mass is 16.5. The van der Waals surface area contributed by atoms with E-state index in [1.165, 1.54) is 0 Å². The van der Waals surface area contributed by atoms with Crippen LogP contribution < -0.4 is 11.1 Å². The Bertz CT molecular complexity index is 241. The number of amides is 1. The van der Waals surface area contributed by atoms with Gasteiger partial charge in [-0.3, -0.25) is 4.79 Å². The van der Waals surface area contributed by atoms with Gasteiger partial charge in [-0.05, 0) is 26.2 Å². The Balaban J connectivity index is 4.08. The number of hydrogen-bond acceptors (Lipinski definition) is 4. The first kappa shape index (κ1) is 14.9. The largest absolute Gasteiger partial charge is 0.464 e. The third kappa shape index (κ3) is 5.70. The maximum atomic E-state index is 11.6. The number of esters is 1. The molecule has 1 amide bonds. The van der Waals surface area contributed by atoms with Gasteiger partial charge in [0, 0.05) is 0 Å². The summed E-state index contributed by atoms with van der Waals surface area (Å²) in [6.45, 7) is 7.58. The van der Waals surface area contributed by atoms with Gasteiger partial charge in [0.15, 0.2) is 0 Å². The molecule has 3 N–H and O–H groups in total. The Kier molecular flexibility index (Phi) is 6.72. The fourth-order valence-corrected chi connectivity index (χ4v) is 1.26. The van der Waals surface area contributed by atoms with E-state index >= 15 is 0 Å². The Morgan fingerprint density at radius 2 is 1.88 bits per heavy atom.